The average molecular weight is 574 g/mol. The Morgan fingerprint density at radius 2 is 1.63 bits per heavy atom. The number of hydrogen-bond acceptors (Lipinski definition) is 4. The van der Waals surface area contributed by atoms with Crippen LogP contribution in [0.2, 0.25) is 0 Å². The quantitative estimate of drug-likeness (QED) is 0.564. The fourth-order valence-electron chi connectivity index (χ4n) is 6.25. The fraction of sp³-hybridized carbons (Fsp3) is 0.516. The monoisotopic (exact) mass is 573 g/mol. The van der Waals surface area contributed by atoms with Crippen LogP contribution >= 0.6 is 0 Å². The number of rotatable bonds is 6. The molecule has 0 radical (unpaired) electrons. The lowest BCUT2D eigenvalue weighted by Gasteiger charge is -2.42. The van der Waals surface area contributed by atoms with E-state index < -0.39 is 24.3 Å². The molecule has 4 rings (SSSR count). The minimum Gasteiger partial charge on any atom is -0.387 e. The first-order valence-corrected chi connectivity index (χ1v) is 14.0. The van der Waals surface area contributed by atoms with Crippen molar-refractivity contribution in [2.24, 2.45) is 11.8 Å². The molecule has 2 aliphatic rings. The van der Waals surface area contributed by atoms with Crippen molar-refractivity contribution in [2.45, 2.75) is 51.7 Å². The van der Waals surface area contributed by atoms with E-state index in [0.29, 0.717) is 56.6 Å². The number of aliphatic hydroxyl groups is 1. The van der Waals surface area contributed by atoms with E-state index in [-0.39, 0.29) is 36.1 Å². The largest absolute Gasteiger partial charge is 0.416 e. The molecule has 2 aliphatic heterocycles. The number of carbonyl (C=O) groups excluding carboxylic acids is 3. The molecule has 1 N–H and O–H groups in total. The number of amides is 3. The molecule has 41 heavy (non-hydrogen) atoms. The molecule has 2 atom stereocenters. The van der Waals surface area contributed by atoms with Gasteiger partial charge in [-0.3, -0.25) is 14.4 Å². The summed E-state index contributed by atoms with van der Waals surface area (Å²) in [5.41, 5.74) is 2.15. The summed E-state index contributed by atoms with van der Waals surface area (Å²) in [6.45, 7) is 4.71. The normalized spacial score (nSPS) is 20.2. The van der Waals surface area contributed by atoms with Gasteiger partial charge in [-0.25, -0.2) is 0 Å². The summed E-state index contributed by atoms with van der Waals surface area (Å²) in [6.07, 6.45) is -2.98. The molecule has 2 saturated heterocycles. The standard InChI is InChI=1S/C31H38F3N3O4/c1-20-14-22(16-24(15-20)31(32,33)34)17-35(3)30(41)26-10-13-37(18-27(26)25-7-5-4-6-21(25)2)29(40)23-8-11-36(12-9-23)28(39)19-38/h4-7,14-16,23,26-27,38H,8-13,17-19H2,1-3H3/t26-,27+/m0/s1. The van der Waals surface area contributed by atoms with Crippen LogP contribution in [0.15, 0.2) is 42.5 Å². The smallest absolute Gasteiger partial charge is 0.387 e. The highest BCUT2D eigenvalue weighted by Gasteiger charge is 2.40. The number of halogens is 3. The summed E-state index contributed by atoms with van der Waals surface area (Å²) in [6, 6.07) is 11.6. The van der Waals surface area contributed by atoms with Gasteiger partial charge in [0.25, 0.3) is 0 Å². The van der Waals surface area contributed by atoms with Crippen LogP contribution < -0.4 is 0 Å². The van der Waals surface area contributed by atoms with Gasteiger partial charge in [-0.15, -0.1) is 0 Å². The maximum atomic E-state index is 13.8. The molecular weight excluding hydrogens is 535 g/mol. The van der Waals surface area contributed by atoms with Gasteiger partial charge >= 0.3 is 6.18 Å². The number of nitrogens with zero attached hydrogens (tertiary/aromatic N) is 3. The van der Waals surface area contributed by atoms with Crippen LogP contribution in [-0.2, 0) is 27.1 Å². The molecule has 0 aliphatic carbocycles. The first kappa shape index (κ1) is 30.6. The zero-order valence-electron chi connectivity index (χ0n) is 23.8. The maximum Gasteiger partial charge on any atom is 0.416 e. The lowest BCUT2D eigenvalue weighted by atomic mass is 9.77. The predicted molar refractivity (Wildman–Crippen MR) is 148 cm³/mol. The van der Waals surface area contributed by atoms with Crippen LogP contribution in [0.1, 0.15) is 53.0 Å². The molecule has 0 unspecified atom stereocenters. The fourth-order valence-corrected chi connectivity index (χ4v) is 6.25. The Labute approximate surface area is 238 Å². The molecule has 2 aromatic rings. The third-order valence-corrected chi connectivity index (χ3v) is 8.42. The highest BCUT2D eigenvalue weighted by Crippen LogP contribution is 2.37. The van der Waals surface area contributed by atoms with Gasteiger partial charge < -0.3 is 19.8 Å². The zero-order valence-corrected chi connectivity index (χ0v) is 23.8. The van der Waals surface area contributed by atoms with Crippen molar-refractivity contribution in [3.05, 3.63) is 70.3 Å². The lowest BCUT2D eigenvalue weighted by molar-refractivity contribution is -0.145. The van der Waals surface area contributed by atoms with Crippen LogP contribution in [0.25, 0.3) is 0 Å². The second kappa shape index (κ2) is 12.6. The van der Waals surface area contributed by atoms with Crippen LogP contribution in [0.3, 0.4) is 0 Å². The third kappa shape index (κ3) is 7.09. The van der Waals surface area contributed by atoms with E-state index in [1.807, 2.05) is 36.1 Å². The molecule has 2 heterocycles. The summed E-state index contributed by atoms with van der Waals surface area (Å²) in [5, 5.41) is 9.13. The van der Waals surface area contributed by atoms with Gasteiger partial charge in [0, 0.05) is 57.5 Å². The molecule has 2 aromatic carbocycles. The lowest BCUT2D eigenvalue weighted by Crippen LogP contribution is -2.51. The molecule has 7 nitrogen and oxygen atoms in total. The van der Waals surface area contributed by atoms with E-state index >= 15 is 0 Å². The molecule has 10 heteroatoms. The zero-order chi connectivity index (χ0) is 29.9. The van der Waals surface area contributed by atoms with Gasteiger partial charge in [-0.05, 0) is 61.9 Å². The minimum atomic E-state index is -4.47. The Kier molecular flexibility index (Phi) is 9.41. The summed E-state index contributed by atoms with van der Waals surface area (Å²) < 4.78 is 40.1. The van der Waals surface area contributed by atoms with Crippen molar-refractivity contribution in [3.63, 3.8) is 0 Å². The van der Waals surface area contributed by atoms with Gasteiger partial charge in [0.1, 0.15) is 6.61 Å². The SMILES string of the molecule is Cc1cc(CN(C)C(=O)[C@H]2CCN(C(=O)C3CCN(C(=O)CO)CC3)C[C@@H]2c2ccccc2C)cc(C(F)(F)F)c1. The number of alkyl halides is 3. The Hall–Kier alpha value is -3.40. The third-order valence-electron chi connectivity index (χ3n) is 8.42. The molecule has 3 amide bonds. The second-order valence-corrected chi connectivity index (χ2v) is 11.4. The van der Waals surface area contributed by atoms with Crippen molar-refractivity contribution in [1.29, 1.82) is 0 Å². The van der Waals surface area contributed by atoms with E-state index in [9.17, 15) is 27.6 Å². The second-order valence-electron chi connectivity index (χ2n) is 11.4. The van der Waals surface area contributed by atoms with Crippen LogP contribution in [0, 0.1) is 25.7 Å². The number of hydrogen-bond donors (Lipinski definition) is 1. The van der Waals surface area contributed by atoms with E-state index in [1.165, 1.54) is 4.90 Å². The molecule has 0 saturated carbocycles. The highest BCUT2D eigenvalue weighted by molar-refractivity contribution is 5.83. The minimum absolute atomic E-state index is 0.0124. The molecule has 2 fully saturated rings. The number of piperidine rings is 2. The summed E-state index contributed by atoms with van der Waals surface area (Å²) in [7, 11) is 1.62. The molecule has 0 aromatic heterocycles. The summed E-state index contributed by atoms with van der Waals surface area (Å²) in [4.78, 5) is 44.1. The number of aliphatic hydroxyl groups excluding tert-OH is 1. The first-order valence-electron chi connectivity index (χ1n) is 14.0. The molecule has 0 spiro atoms. The molecular formula is C31H38F3N3O4. The van der Waals surface area contributed by atoms with Crippen molar-refractivity contribution in [1.82, 2.24) is 14.7 Å². The van der Waals surface area contributed by atoms with Crippen molar-refractivity contribution in [3.8, 4) is 0 Å². The van der Waals surface area contributed by atoms with Crippen molar-refractivity contribution in [2.75, 3.05) is 39.8 Å². The Morgan fingerprint density at radius 3 is 2.27 bits per heavy atom. The maximum absolute atomic E-state index is 13.8. The van der Waals surface area contributed by atoms with Crippen LogP contribution in [-0.4, -0.2) is 77.4 Å². The Bertz CT molecular complexity index is 1270. The first-order chi connectivity index (χ1) is 19.4. The number of aryl methyl sites for hydroxylation is 2. The van der Waals surface area contributed by atoms with E-state index in [0.717, 1.165) is 23.3 Å². The van der Waals surface area contributed by atoms with E-state index in [2.05, 4.69) is 0 Å². The van der Waals surface area contributed by atoms with Crippen LogP contribution in [0.5, 0.6) is 0 Å². The predicted octanol–water partition coefficient (Wildman–Crippen LogP) is 4.14. The van der Waals surface area contributed by atoms with Crippen molar-refractivity contribution < 1.29 is 32.7 Å². The number of benzene rings is 2. The molecule has 222 valence electrons. The molecule has 0 bridgehead atoms. The average Bonchev–Trinajstić information content (AvgIpc) is 2.95. The Balaban J connectivity index is 1.51. The number of carbonyl (C=O) groups is 3. The van der Waals surface area contributed by atoms with Gasteiger partial charge in [0.2, 0.25) is 17.7 Å². The highest BCUT2D eigenvalue weighted by atomic mass is 19.4. The number of likely N-dealkylation sites (tertiary alicyclic amines) is 2. The Morgan fingerprint density at radius 1 is 0.976 bits per heavy atom. The topological polar surface area (TPSA) is 81.2 Å². The van der Waals surface area contributed by atoms with Gasteiger partial charge in [0.05, 0.1) is 5.56 Å². The van der Waals surface area contributed by atoms with Crippen LogP contribution in [0.4, 0.5) is 13.2 Å². The van der Waals surface area contributed by atoms with Gasteiger partial charge in [-0.1, -0.05) is 35.9 Å². The van der Waals surface area contributed by atoms with Crippen molar-refractivity contribution >= 4 is 17.7 Å². The summed E-state index contributed by atoms with van der Waals surface area (Å²) in [5.74, 6) is -1.40. The van der Waals surface area contributed by atoms with E-state index in [1.54, 1.807) is 24.9 Å². The van der Waals surface area contributed by atoms with E-state index in [4.69, 9.17) is 5.11 Å². The van der Waals surface area contributed by atoms with Gasteiger partial charge in [0.15, 0.2) is 0 Å². The van der Waals surface area contributed by atoms with Gasteiger partial charge in [-0.2, -0.15) is 13.2 Å². The summed E-state index contributed by atoms with van der Waals surface area (Å²) >= 11 is 0.